The highest BCUT2D eigenvalue weighted by atomic mass is 32.2. The van der Waals surface area contributed by atoms with Crippen LogP contribution in [0.5, 0.6) is 0 Å². The maximum Gasteiger partial charge on any atom is 0.238 e. The highest BCUT2D eigenvalue weighted by molar-refractivity contribution is 7.89. The number of Topliss-reactive ketones (excluding diaryl/α,β-unsaturated/α-hetero) is 1. The number of thiophene rings is 1. The maximum absolute atomic E-state index is 13.2. The molecule has 0 radical (unpaired) electrons. The number of hydrogen-bond acceptors (Lipinski definition) is 5. The number of nitrogens with zero attached hydrogens (tertiary/aromatic N) is 2. The van der Waals surface area contributed by atoms with Gasteiger partial charge in [-0.05, 0) is 74.5 Å². The zero-order valence-electron chi connectivity index (χ0n) is 17.3. The van der Waals surface area contributed by atoms with E-state index < -0.39 is 10.0 Å². The molecule has 1 aliphatic rings. The number of rotatable bonds is 5. The molecule has 2 aromatic heterocycles. The Morgan fingerprint density at radius 1 is 1.20 bits per heavy atom. The average molecular weight is 444 g/mol. The second kappa shape index (κ2) is 7.77. The van der Waals surface area contributed by atoms with Crippen molar-refractivity contribution < 1.29 is 13.2 Å². The Balaban J connectivity index is 1.58. The highest BCUT2D eigenvalue weighted by Gasteiger charge is 2.27. The molecule has 8 heteroatoms. The molecule has 6 nitrogen and oxygen atoms in total. The summed E-state index contributed by atoms with van der Waals surface area (Å²) in [4.78, 5) is 16.9. The van der Waals surface area contributed by atoms with Crippen molar-refractivity contribution >= 4 is 27.1 Å². The van der Waals surface area contributed by atoms with Crippen LogP contribution in [-0.2, 0) is 16.4 Å². The molecule has 0 aliphatic carbocycles. The highest BCUT2D eigenvalue weighted by Crippen LogP contribution is 2.33. The molecule has 0 spiro atoms. The molecule has 0 amide bonds. The van der Waals surface area contributed by atoms with Gasteiger partial charge in [0.25, 0.3) is 0 Å². The molecule has 3 heterocycles. The standard InChI is InChI=1S/C22H25N3O3S2/c1-14-12-20(16(3)25(14)17-4-6-18(7-5-17)30(23,27)28)21(26)13-24-10-8-22-19(15(24)2)9-11-29-22/h4-7,9,11-12,15H,8,10,13H2,1-3H3,(H2,23,27,28). The van der Waals surface area contributed by atoms with Crippen LogP contribution in [0.1, 0.15) is 45.2 Å². The first kappa shape index (κ1) is 21.0. The fourth-order valence-electron chi connectivity index (χ4n) is 4.27. The van der Waals surface area contributed by atoms with Crippen molar-refractivity contribution in [3.05, 3.63) is 69.2 Å². The van der Waals surface area contributed by atoms with E-state index in [1.807, 2.05) is 24.5 Å². The van der Waals surface area contributed by atoms with E-state index in [4.69, 9.17) is 5.14 Å². The summed E-state index contributed by atoms with van der Waals surface area (Å²) in [5.41, 5.74) is 4.60. The van der Waals surface area contributed by atoms with Crippen molar-refractivity contribution in [3.63, 3.8) is 0 Å². The van der Waals surface area contributed by atoms with Crippen molar-refractivity contribution in [3.8, 4) is 5.69 Å². The number of ketones is 1. The number of hydrogen-bond donors (Lipinski definition) is 1. The topological polar surface area (TPSA) is 85.4 Å². The van der Waals surface area contributed by atoms with Crippen molar-refractivity contribution in [2.24, 2.45) is 5.14 Å². The predicted molar refractivity (Wildman–Crippen MR) is 119 cm³/mol. The second-order valence-corrected chi connectivity index (χ2v) is 10.3. The third-order valence-corrected chi connectivity index (χ3v) is 7.83. The lowest BCUT2D eigenvalue weighted by Crippen LogP contribution is -2.37. The van der Waals surface area contributed by atoms with Gasteiger partial charge < -0.3 is 4.57 Å². The van der Waals surface area contributed by atoms with Gasteiger partial charge in [-0.15, -0.1) is 11.3 Å². The summed E-state index contributed by atoms with van der Waals surface area (Å²) in [6, 6.07) is 10.7. The molecule has 0 saturated carbocycles. The fourth-order valence-corrected chi connectivity index (χ4v) is 5.75. The Kier molecular flexibility index (Phi) is 5.44. The van der Waals surface area contributed by atoms with Gasteiger partial charge in [0.2, 0.25) is 10.0 Å². The molecule has 4 rings (SSSR count). The molecule has 1 aromatic carbocycles. The molecule has 158 valence electrons. The van der Waals surface area contributed by atoms with E-state index in [9.17, 15) is 13.2 Å². The minimum atomic E-state index is -3.74. The molecule has 3 aromatic rings. The van der Waals surface area contributed by atoms with Gasteiger partial charge in [0.1, 0.15) is 0 Å². The van der Waals surface area contributed by atoms with Gasteiger partial charge in [-0.25, -0.2) is 13.6 Å². The van der Waals surface area contributed by atoms with Gasteiger partial charge >= 0.3 is 0 Å². The summed E-state index contributed by atoms with van der Waals surface area (Å²) in [5, 5.41) is 7.32. The molecule has 0 bridgehead atoms. The van der Waals surface area contributed by atoms with Crippen molar-refractivity contribution in [2.45, 2.75) is 38.1 Å². The summed E-state index contributed by atoms with van der Waals surface area (Å²) in [6.07, 6.45) is 0.986. The SMILES string of the molecule is Cc1cc(C(=O)CN2CCc3sccc3C2C)c(C)n1-c1ccc(S(N)(=O)=O)cc1. The van der Waals surface area contributed by atoms with Gasteiger partial charge in [-0.3, -0.25) is 9.69 Å². The van der Waals surface area contributed by atoms with E-state index >= 15 is 0 Å². The Morgan fingerprint density at radius 3 is 2.57 bits per heavy atom. The first-order valence-electron chi connectivity index (χ1n) is 9.82. The third-order valence-electron chi connectivity index (χ3n) is 5.91. The molecule has 0 fully saturated rings. The Morgan fingerprint density at radius 2 is 1.90 bits per heavy atom. The largest absolute Gasteiger partial charge is 0.318 e. The van der Waals surface area contributed by atoms with Crippen LogP contribution in [0, 0.1) is 13.8 Å². The lowest BCUT2D eigenvalue weighted by atomic mass is 10.0. The molecule has 1 unspecified atom stereocenters. The summed E-state index contributed by atoms with van der Waals surface area (Å²) in [5.74, 6) is 0.0982. The fraction of sp³-hybridized carbons (Fsp3) is 0.318. The smallest absolute Gasteiger partial charge is 0.238 e. The van der Waals surface area contributed by atoms with Crippen LogP contribution in [0.4, 0.5) is 0 Å². The van der Waals surface area contributed by atoms with Crippen LogP contribution in [0.25, 0.3) is 5.69 Å². The Labute approximate surface area is 181 Å². The van der Waals surface area contributed by atoms with Gasteiger partial charge in [-0.2, -0.15) is 0 Å². The summed E-state index contributed by atoms with van der Waals surface area (Å²) in [6.45, 7) is 7.29. The molecule has 1 aliphatic heterocycles. The van der Waals surface area contributed by atoms with E-state index in [2.05, 4.69) is 23.3 Å². The Bertz CT molecular complexity index is 1210. The lowest BCUT2D eigenvalue weighted by molar-refractivity contribution is 0.0891. The number of fused-ring (bicyclic) bond motifs is 1. The van der Waals surface area contributed by atoms with Crippen molar-refractivity contribution in [2.75, 3.05) is 13.1 Å². The average Bonchev–Trinajstić information content (AvgIpc) is 3.28. The van der Waals surface area contributed by atoms with Crippen LogP contribution in [0.3, 0.4) is 0 Å². The number of benzene rings is 1. The van der Waals surface area contributed by atoms with Gasteiger partial charge in [0.15, 0.2) is 5.78 Å². The van der Waals surface area contributed by atoms with E-state index in [1.165, 1.54) is 22.6 Å². The Hall–Kier alpha value is -2.26. The number of aryl methyl sites for hydroxylation is 1. The number of primary sulfonamides is 1. The zero-order valence-corrected chi connectivity index (χ0v) is 18.9. The lowest BCUT2D eigenvalue weighted by Gasteiger charge is -2.32. The second-order valence-electron chi connectivity index (χ2n) is 7.78. The molecular formula is C22H25N3O3S2. The van der Waals surface area contributed by atoms with Gasteiger partial charge in [0, 0.05) is 40.1 Å². The molecule has 1 atom stereocenters. The van der Waals surface area contributed by atoms with Crippen LogP contribution in [0.15, 0.2) is 46.7 Å². The predicted octanol–water partition coefficient (Wildman–Crippen LogP) is 3.61. The number of sulfonamides is 1. The van der Waals surface area contributed by atoms with Crippen LogP contribution < -0.4 is 5.14 Å². The number of nitrogens with two attached hydrogens (primary N) is 1. The first-order chi connectivity index (χ1) is 14.2. The number of carbonyl (C=O) groups excluding carboxylic acids is 1. The molecular weight excluding hydrogens is 418 g/mol. The summed E-state index contributed by atoms with van der Waals surface area (Å²) >= 11 is 1.79. The minimum Gasteiger partial charge on any atom is -0.318 e. The van der Waals surface area contributed by atoms with Crippen LogP contribution in [0.2, 0.25) is 0 Å². The quantitative estimate of drug-likeness (QED) is 0.611. The van der Waals surface area contributed by atoms with Gasteiger partial charge in [0.05, 0.1) is 11.4 Å². The van der Waals surface area contributed by atoms with E-state index in [-0.39, 0.29) is 16.7 Å². The summed E-state index contributed by atoms with van der Waals surface area (Å²) in [7, 11) is -3.74. The van der Waals surface area contributed by atoms with E-state index in [1.54, 1.807) is 23.5 Å². The zero-order chi connectivity index (χ0) is 21.6. The third kappa shape index (κ3) is 3.76. The molecule has 2 N–H and O–H groups in total. The van der Waals surface area contributed by atoms with E-state index in [0.717, 1.165) is 30.0 Å². The molecule has 30 heavy (non-hydrogen) atoms. The minimum absolute atomic E-state index is 0.0666. The van der Waals surface area contributed by atoms with Gasteiger partial charge in [-0.1, -0.05) is 0 Å². The van der Waals surface area contributed by atoms with Crippen LogP contribution in [-0.4, -0.2) is 36.8 Å². The van der Waals surface area contributed by atoms with Crippen LogP contribution >= 0.6 is 11.3 Å². The first-order valence-corrected chi connectivity index (χ1v) is 12.2. The van der Waals surface area contributed by atoms with E-state index in [0.29, 0.717) is 12.1 Å². The number of carbonyl (C=O) groups is 1. The van der Waals surface area contributed by atoms with Crippen molar-refractivity contribution in [1.82, 2.24) is 9.47 Å². The normalized spacial score (nSPS) is 17.1. The monoisotopic (exact) mass is 443 g/mol. The number of aromatic nitrogens is 1. The molecule has 0 saturated heterocycles. The van der Waals surface area contributed by atoms with Crippen molar-refractivity contribution in [1.29, 1.82) is 0 Å². The summed E-state index contributed by atoms with van der Waals surface area (Å²) < 4.78 is 25.0. The maximum atomic E-state index is 13.2.